The van der Waals surface area contributed by atoms with Crippen LogP contribution >= 0.6 is 0 Å². The summed E-state index contributed by atoms with van der Waals surface area (Å²) < 4.78 is 0. The van der Waals surface area contributed by atoms with Crippen LogP contribution in [0.2, 0.25) is 0 Å². The summed E-state index contributed by atoms with van der Waals surface area (Å²) in [6.45, 7) is 10.3. The summed E-state index contributed by atoms with van der Waals surface area (Å²) in [4.78, 5) is 0. The standard InChI is InChI=1S/C19H31N/c1-5-20-19(18-9-7-6-8-15(18)4)17-12-10-16(11-13-17)14(2)3/h6-9,14,16-17,19-20H,5,10-13H2,1-4H3. The molecule has 0 heterocycles. The van der Waals surface area contributed by atoms with Gasteiger partial charge in [-0.2, -0.15) is 0 Å². The number of aryl methyl sites for hydroxylation is 1. The van der Waals surface area contributed by atoms with Crippen molar-refractivity contribution < 1.29 is 0 Å². The Morgan fingerprint density at radius 3 is 2.20 bits per heavy atom. The Morgan fingerprint density at radius 1 is 1.05 bits per heavy atom. The van der Waals surface area contributed by atoms with E-state index in [-0.39, 0.29) is 0 Å². The SMILES string of the molecule is CCNC(c1ccccc1C)C1CCC(C(C)C)CC1. The Balaban J connectivity index is 2.09. The van der Waals surface area contributed by atoms with Crippen molar-refractivity contribution in [1.29, 1.82) is 0 Å². The average molecular weight is 273 g/mol. The third-order valence-electron chi connectivity index (χ3n) is 5.18. The highest BCUT2D eigenvalue weighted by Gasteiger charge is 2.29. The second kappa shape index (κ2) is 7.26. The monoisotopic (exact) mass is 273 g/mol. The van der Waals surface area contributed by atoms with Crippen molar-refractivity contribution in [1.82, 2.24) is 5.32 Å². The van der Waals surface area contributed by atoms with Crippen molar-refractivity contribution in [3.8, 4) is 0 Å². The van der Waals surface area contributed by atoms with Crippen LogP contribution in [0.4, 0.5) is 0 Å². The van der Waals surface area contributed by atoms with Gasteiger partial charge in [0, 0.05) is 6.04 Å². The first-order valence-electron chi connectivity index (χ1n) is 8.42. The van der Waals surface area contributed by atoms with Gasteiger partial charge in [0.15, 0.2) is 0 Å². The lowest BCUT2D eigenvalue weighted by molar-refractivity contribution is 0.189. The molecule has 0 aromatic heterocycles. The van der Waals surface area contributed by atoms with Gasteiger partial charge in [-0.3, -0.25) is 0 Å². The average Bonchev–Trinajstić information content (AvgIpc) is 2.46. The molecule has 112 valence electrons. The Kier molecular flexibility index (Phi) is 5.65. The van der Waals surface area contributed by atoms with Crippen molar-refractivity contribution in [2.24, 2.45) is 17.8 Å². The van der Waals surface area contributed by atoms with E-state index in [2.05, 4.69) is 57.3 Å². The minimum Gasteiger partial charge on any atom is -0.310 e. The van der Waals surface area contributed by atoms with Crippen LogP contribution in [0.25, 0.3) is 0 Å². The molecule has 1 unspecified atom stereocenters. The fraction of sp³-hybridized carbons (Fsp3) is 0.684. The minimum absolute atomic E-state index is 0.550. The predicted molar refractivity (Wildman–Crippen MR) is 87.9 cm³/mol. The van der Waals surface area contributed by atoms with Crippen molar-refractivity contribution in [3.05, 3.63) is 35.4 Å². The molecule has 1 N–H and O–H groups in total. The first kappa shape index (κ1) is 15.6. The van der Waals surface area contributed by atoms with E-state index in [1.165, 1.54) is 36.8 Å². The first-order valence-corrected chi connectivity index (χ1v) is 8.42. The molecule has 1 heteroatoms. The molecule has 2 rings (SSSR count). The van der Waals surface area contributed by atoms with Crippen LogP contribution in [0.15, 0.2) is 24.3 Å². The van der Waals surface area contributed by atoms with Crippen LogP contribution in [0.1, 0.15) is 63.6 Å². The van der Waals surface area contributed by atoms with E-state index in [1.54, 1.807) is 0 Å². The highest BCUT2D eigenvalue weighted by Crippen LogP contribution is 2.39. The largest absolute Gasteiger partial charge is 0.310 e. The van der Waals surface area contributed by atoms with E-state index < -0.39 is 0 Å². The molecule has 0 bridgehead atoms. The van der Waals surface area contributed by atoms with Crippen LogP contribution in [0.3, 0.4) is 0 Å². The van der Waals surface area contributed by atoms with Gasteiger partial charge in [-0.1, -0.05) is 45.0 Å². The maximum Gasteiger partial charge on any atom is 0.0351 e. The number of benzene rings is 1. The number of rotatable bonds is 5. The smallest absolute Gasteiger partial charge is 0.0351 e. The Bertz CT molecular complexity index is 402. The maximum absolute atomic E-state index is 3.75. The van der Waals surface area contributed by atoms with E-state index in [0.717, 1.165) is 24.3 Å². The molecule has 1 aromatic carbocycles. The molecule has 0 aliphatic heterocycles. The molecule has 0 radical (unpaired) electrons. The van der Waals surface area contributed by atoms with Gasteiger partial charge in [0.2, 0.25) is 0 Å². The van der Waals surface area contributed by atoms with E-state index in [1.807, 2.05) is 0 Å². The van der Waals surface area contributed by atoms with Gasteiger partial charge in [-0.15, -0.1) is 0 Å². The molecule has 0 saturated heterocycles. The van der Waals surface area contributed by atoms with Gasteiger partial charge >= 0.3 is 0 Å². The topological polar surface area (TPSA) is 12.0 Å². The number of hydrogen-bond acceptors (Lipinski definition) is 1. The molecule has 1 aliphatic carbocycles. The molecular weight excluding hydrogens is 242 g/mol. The van der Waals surface area contributed by atoms with Crippen LogP contribution in [0.5, 0.6) is 0 Å². The zero-order valence-corrected chi connectivity index (χ0v) is 13.7. The summed E-state index contributed by atoms with van der Waals surface area (Å²) in [5, 5.41) is 3.75. The third kappa shape index (κ3) is 3.63. The summed E-state index contributed by atoms with van der Waals surface area (Å²) in [7, 11) is 0. The lowest BCUT2D eigenvalue weighted by Crippen LogP contribution is -2.32. The fourth-order valence-corrected chi connectivity index (χ4v) is 3.83. The maximum atomic E-state index is 3.75. The Hall–Kier alpha value is -0.820. The van der Waals surface area contributed by atoms with Gasteiger partial charge < -0.3 is 5.32 Å². The van der Waals surface area contributed by atoms with Gasteiger partial charge in [0.1, 0.15) is 0 Å². The molecule has 0 amide bonds. The fourth-order valence-electron chi connectivity index (χ4n) is 3.83. The highest BCUT2D eigenvalue weighted by molar-refractivity contribution is 5.29. The molecule has 0 spiro atoms. The van der Waals surface area contributed by atoms with E-state index in [9.17, 15) is 0 Å². The van der Waals surface area contributed by atoms with Crippen LogP contribution in [-0.2, 0) is 0 Å². The normalized spacial score (nSPS) is 24.9. The van der Waals surface area contributed by atoms with Crippen molar-refractivity contribution in [3.63, 3.8) is 0 Å². The molecule has 20 heavy (non-hydrogen) atoms. The number of nitrogens with one attached hydrogen (secondary N) is 1. The van der Waals surface area contributed by atoms with E-state index in [4.69, 9.17) is 0 Å². The lowest BCUT2D eigenvalue weighted by Gasteiger charge is -2.36. The molecule has 1 aromatic rings. The summed E-state index contributed by atoms with van der Waals surface area (Å²) in [6.07, 6.45) is 5.59. The highest BCUT2D eigenvalue weighted by atomic mass is 14.9. The minimum atomic E-state index is 0.550. The van der Waals surface area contributed by atoms with Crippen molar-refractivity contribution in [2.45, 2.75) is 59.4 Å². The molecular formula is C19H31N. The van der Waals surface area contributed by atoms with Crippen LogP contribution < -0.4 is 5.32 Å². The van der Waals surface area contributed by atoms with E-state index >= 15 is 0 Å². The first-order chi connectivity index (χ1) is 9.63. The summed E-state index contributed by atoms with van der Waals surface area (Å²) >= 11 is 0. The molecule has 1 saturated carbocycles. The lowest BCUT2D eigenvalue weighted by atomic mass is 9.73. The van der Waals surface area contributed by atoms with E-state index in [0.29, 0.717) is 6.04 Å². The second-order valence-electron chi connectivity index (χ2n) is 6.81. The summed E-state index contributed by atoms with van der Waals surface area (Å²) in [5.41, 5.74) is 2.95. The third-order valence-corrected chi connectivity index (χ3v) is 5.18. The quantitative estimate of drug-likeness (QED) is 0.786. The molecule has 1 nitrogen and oxygen atoms in total. The molecule has 1 aliphatic rings. The Labute approximate surface area is 125 Å². The summed E-state index contributed by atoms with van der Waals surface area (Å²) in [5.74, 6) is 2.61. The Morgan fingerprint density at radius 2 is 1.65 bits per heavy atom. The van der Waals surface area contributed by atoms with Gasteiger partial charge in [0.05, 0.1) is 0 Å². The van der Waals surface area contributed by atoms with Crippen LogP contribution in [-0.4, -0.2) is 6.54 Å². The van der Waals surface area contributed by atoms with Crippen LogP contribution in [0, 0.1) is 24.7 Å². The second-order valence-corrected chi connectivity index (χ2v) is 6.81. The summed E-state index contributed by atoms with van der Waals surface area (Å²) in [6, 6.07) is 9.45. The van der Waals surface area contributed by atoms with Gasteiger partial charge in [-0.25, -0.2) is 0 Å². The molecule has 1 fully saturated rings. The predicted octanol–water partition coefficient (Wildman–Crippen LogP) is 5.11. The van der Waals surface area contributed by atoms with Gasteiger partial charge in [0.25, 0.3) is 0 Å². The zero-order chi connectivity index (χ0) is 14.5. The van der Waals surface area contributed by atoms with Crippen molar-refractivity contribution >= 4 is 0 Å². The van der Waals surface area contributed by atoms with Crippen molar-refractivity contribution in [2.75, 3.05) is 6.54 Å². The number of hydrogen-bond donors (Lipinski definition) is 1. The zero-order valence-electron chi connectivity index (χ0n) is 13.7. The molecule has 1 atom stereocenters. The van der Waals surface area contributed by atoms with Gasteiger partial charge in [-0.05, 0) is 68.0 Å².